The summed E-state index contributed by atoms with van der Waals surface area (Å²) in [6.45, 7) is -0.0966. The number of rotatable bonds is 8. The van der Waals surface area contributed by atoms with Gasteiger partial charge in [0.15, 0.2) is 11.5 Å². The van der Waals surface area contributed by atoms with Crippen LogP contribution in [0.15, 0.2) is 47.4 Å². The monoisotopic (exact) mass is 421 g/mol. The second-order valence-electron chi connectivity index (χ2n) is 6.28. The topological polar surface area (TPSA) is 125 Å². The van der Waals surface area contributed by atoms with Crippen molar-refractivity contribution < 1.29 is 27.9 Å². The van der Waals surface area contributed by atoms with Gasteiger partial charge in [0.05, 0.1) is 18.6 Å². The van der Waals surface area contributed by atoms with Crippen molar-refractivity contribution in [2.75, 3.05) is 27.7 Å². The Hall–Kier alpha value is -3.11. The summed E-state index contributed by atoms with van der Waals surface area (Å²) in [5, 5.41) is 14.7. The number of phenols is 1. The summed E-state index contributed by atoms with van der Waals surface area (Å²) in [4.78, 5) is 24.2. The van der Waals surface area contributed by atoms with Crippen LogP contribution in [0, 0.1) is 0 Å². The predicted molar refractivity (Wildman–Crippen MR) is 106 cm³/mol. The van der Waals surface area contributed by atoms with Crippen molar-refractivity contribution in [3.05, 3.63) is 53.6 Å². The number of hydrogen-bond donors (Lipinski definition) is 3. The number of benzene rings is 2. The molecule has 0 saturated heterocycles. The largest absolute Gasteiger partial charge is 0.504 e. The van der Waals surface area contributed by atoms with Gasteiger partial charge >= 0.3 is 0 Å². The van der Waals surface area contributed by atoms with Crippen LogP contribution >= 0.6 is 0 Å². The Labute approximate surface area is 169 Å². The third-order valence-electron chi connectivity index (χ3n) is 4.02. The number of phenolic OH excluding ortho intramolecular Hbond substituents is 1. The fraction of sp³-hybridized carbons (Fsp3) is 0.263. The molecule has 0 heterocycles. The maximum Gasteiger partial charge on any atom is 0.251 e. The van der Waals surface area contributed by atoms with Crippen LogP contribution in [0.4, 0.5) is 0 Å². The van der Waals surface area contributed by atoms with Gasteiger partial charge in [-0.25, -0.2) is 12.7 Å². The zero-order chi connectivity index (χ0) is 21.6. The van der Waals surface area contributed by atoms with Crippen molar-refractivity contribution in [2.24, 2.45) is 0 Å². The van der Waals surface area contributed by atoms with E-state index < -0.39 is 21.8 Å². The number of hydrogen-bond acceptors (Lipinski definition) is 6. The molecule has 0 unspecified atom stereocenters. The number of aromatic hydroxyl groups is 1. The maximum absolute atomic E-state index is 12.2. The van der Waals surface area contributed by atoms with Gasteiger partial charge in [-0.05, 0) is 35.9 Å². The van der Waals surface area contributed by atoms with Crippen LogP contribution in [0.2, 0.25) is 0 Å². The van der Waals surface area contributed by atoms with Gasteiger partial charge < -0.3 is 20.5 Å². The highest BCUT2D eigenvalue weighted by atomic mass is 32.2. The molecule has 9 nitrogen and oxygen atoms in total. The first-order valence-corrected chi connectivity index (χ1v) is 10.0. The van der Waals surface area contributed by atoms with E-state index in [1.54, 1.807) is 12.1 Å². The summed E-state index contributed by atoms with van der Waals surface area (Å²) in [5.41, 5.74) is 0.838. The number of carbonyl (C=O) groups excluding carboxylic acids is 2. The zero-order valence-electron chi connectivity index (χ0n) is 16.3. The Balaban J connectivity index is 1.93. The summed E-state index contributed by atoms with van der Waals surface area (Å²) in [7, 11) is 0.554. The second kappa shape index (κ2) is 9.39. The van der Waals surface area contributed by atoms with E-state index in [-0.39, 0.29) is 35.0 Å². The summed E-state index contributed by atoms with van der Waals surface area (Å²) < 4.78 is 30.4. The fourth-order valence-corrected chi connectivity index (χ4v) is 3.31. The lowest BCUT2D eigenvalue weighted by atomic mass is 10.2. The van der Waals surface area contributed by atoms with Crippen LogP contribution in [0.5, 0.6) is 11.5 Å². The highest BCUT2D eigenvalue weighted by Gasteiger charge is 2.19. The number of amides is 2. The number of nitrogens with one attached hydrogen (secondary N) is 2. The molecule has 0 atom stereocenters. The molecule has 10 heteroatoms. The van der Waals surface area contributed by atoms with E-state index in [9.17, 15) is 23.1 Å². The number of carbonyl (C=O) groups is 2. The van der Waals surface area contributed by atoms with E-state index in [1.165, 1.54) is 51.5 Å². The molecule has 0 fully saturated rings. The predicted octanol–water partition coefficient (Wildman–Crippen LogP) is 0.697. The molecule has 2 aromatic carbocycles. The van der Waals surface area contributed by atoms with Crippen molar-refractivity contribution in [3.63, 3.8) is 0 Å². The summed E-state index contributed by atoms with van der Waals surface area (Å²) in [6, 6.07) is 10.2. The van der Waals surface area contributed by atoms with Crippen molar-refractivity contribution in [1.82, 2.24) is 14.9 Å². The average molecular weight is 421 g/mol. The fourth-order valence-electron chi connectivity index (χ4n) is 2.37. The van der Waals surface area contributed by atoms with Gasteiger partial charge in [0.1, 0.15) is 0 Å². The summed E-state index contributed by atoms with van der Waals surface area (Å²) in [6.07, 6.45) is 0. The molecule has 29 heavy (non-hydrogen) atoms. The Kier molecular flexibility index (Phi) is 7.18. The van der Waals surface area contributed by atoms with Gasteiger partial charge in [-0.3, -0.25) is 9.59 Å². The molecular formula is C19H23N3O6S. The van der Waals surface area contributed by atoms with Crippen LogP contribution < -0.4 is 15.4 Å². The lowest BCUT2D eigenvalue weighted by molar-refractivity contribution is -0.120. The maximum atomic E-state index is 12.2. The normalized spacial score (nSPS) is 11.2. The van der Waals surface area contributed by atoms with Crippen LogP contribution in [-0.2, 0) is 21.4 Å². The molecule has 0 bridgehead atoms. The molecule has 0 radical (unpaired) electrons. The van der Waals surface area contributed by atoms with Crippen molar-refractivity contribution in [1.29, 1.82) is 0 Å². The molecule has 0 saturated carbocycles. The van der Waals surface area contributed by atoms with Gasteiger partial charge in [-0.15, -0.1) is 0 Å². The van der Waals surface area contributed by atoms with E-state index in [1.807, 2.05) is 0 Å². The first kappa shape index (κ1) is 22.2. The number of methoxy groups -OCH3 is 1. The van der Waals surface area contributed by atoms with Gasteiger partial charge in [-0.2, -0.15) is 0 Å². The highest BCUT2D eigenvalue weighted by Crippen LogP contribution is 2.26. The zero-order valence-corrected chi connectivity index (χ0v) is 17.1. The van der Waals surface area contributed by atoms with Crippen LogP contribution in [0.25, 0.3) is 0 Å². The lowest BCUT2D eigenvalue weighted by Crippen LogP contribution is -2.36. The molecule has 3 N–H and O–H groups in total. The summed E-state index contributed by atoms with van der Waals surface area (Å²) in [5.74, 6) is -0.712. The molecule has 2 rings (SSSR count). The highest BCUT2D eigenvalue weighted by molar-refractivity contribution is 7.89. The van der Waals surface area contributed by atoms with E-state index in [2.05, 4.69) is 10.6 Å². The van der Waals surface area contributed by atoms with Crippen molar-refractivity contribution in [3.8, 4) is 11.5 Å². The molecule has 0 aliphatic rings. The quantitative estimate of drug-likeness (QED) is 0.576. The second-order valence-corrected chi connectivity index (χ2v) is 8.43. The van der Waals surface area contributed by atoms with Gasteiger partial charge in [0, 0.05) is 26.2 Å². The van der Waals surface area contributed by atoms with Crippen LogP contribution in [0.3, 0.4) is 0 Å². The molecule has 0 aliphatic carbocycles. The first-order valence-electron chi connectivity index (χ1n) is 8.58. The van der Waals surface area contributed by atoms with Gasteiger partial charge in [-0.1, -0.05) is 12.1 Å². The minimum Gasteiger partial charge on any atom is -0.504 e. The van der Waals surface area contributed by atoms with Gasteiger partial charge in [0.2, 0.25) is 15.9 Å². The molecule has 2 aromatic rings. The Morgan fingerprint density at radius 2 is 1.83 bits per heavy atom. The van der Waals surface area contributed by atoms with Crippen molar-refractivity contribution in [2.45, 2.75) is 11.4 Å². The van der Waals surface area contributed by atoms with E-state index in [0.29, 0.717) is 5.56 Å². The number of sulfonamides is 1. The standard InChI is InChI=1S/C19H23N3O6S/c1-22(2)29(26,27)15-6-4-5-14(10-15)19(25)21-12-18(24)20-11-13-7-8-16(23)17(9-13)28-3/h4-10,23H,11-12H2,1-3H3,(H,20,24)(H,21,25). The van der Waals surface area contributed by atoms with Crippen LogP contribution in [0.1, 0.15) is 15.9 Å². The minimum atomic E-state index is -3.67. The molecule has 0 spiro atoms. The van der Waals surface area contributed by atoms with Crippen molar-refractivity contribution >= 4 is 21.8 Å². The molecule has 0 aliphatic heterocycles. The molecule has 156 valence electrons. The smallest absolute Gasteiger partial charge is 0.251 e. The first-order chi connectivity index (χ1) is 13.6. The van der Waals surface area contributed by atoms with E-state index in [4.69, 9.17) is 4.74 Å². The number of nitrogens with zero attached hydrogens (tertiary/aromatic N) is 1. The SMILES string of the molecule is COc1cc(CNC(=O)CNC(=O)c2cccc(S(=O)(=O)N(C)C)c2)ccc1O. The van der Waals surface area contributed by atoms with Crippen LogP contribution in [-0.4, -0.2) is 57.4 Å². The third kappa shape index (κ3) is 5.69. The Morgan fingerprint density at radius 1 is 1.10 bits per heavy atom. The summed E-state index contributed by atoms with van der Waals surface area (Å²) >= 11 is 0. The molecular weight excluding hydrogens is 398 g/mol. The Bertz CT molecular complexity index is 1000. The Morgan fingerprint density at radius 3 is 2.48 bits per heavy atom. The van der Waals surface area contributed by atoms with E-state index >= 15 is 0 Å². The molecule has 2 amide bonds. The number of ether oxygens (including phenoxy) is 1. The van der Waals surface area contributed by atoms with Gasteiger partial charge in [0.25, 0.3) is 5.91 Å². The third-order valence-corrected chi connectivity index (χ3v) is 5.83. The minimum absolute atomic E-state index is 0.00616. The molecule has 0 aromatic heterocycles. The lowest BCUT2D eigenvalue weighted by Gasteiger charge is -2.12. The van der Waals surface area contributed by atoms with E-state index in [0.717, 1.165) is 4.31 Å². The average Bonchev–Trinajstić information content (AvgIpc) is 2.71.